The number of carbonyl (C=O) groups excluding carboxylic acids is 1. The third kappa shape index (κ3) is 3.70. The molecule has 0 unspecified atom stereocenters. The maximum atomic E-state index is 12.8. The highest BCUT2D eigenvalue weighted by atomic mass is 16.5. The van der Waals surface area contributed by atoms with Crippen molar-refractivity contribution in [3.8, 4) is 0 Å². The van der Waals surface area contributed by atoms with E-state index in [4.69, 9.17) is 9.72 Å². The third-order valence-corrected chi connectivity index (χ3v) is 5.20. The summed E-state index contributed by atoms with van der Waals surface area (Å²) in [4.78, 5) is 22.0. The first-order valence-corrected chi connectivity index (χ1v) is 9.33. The van der Waals surface area contributed by atoms with Gasteiger partial charge in [-0.1, -0.05) is 12.1 Å². The van der Waals surface area contributed by atoms with Crippen LogP contribution in [0, 0.1) is 0 Å². The lowest BCUT2D eigenvalue weighted by atomic mass is 10.1. The van der Waals surface area contributed by atoms with E-state index in [2.05, 4.69) is 15.5 Å². The summed E-state index contributed by atoms with van der Waals surface area (Å²) in [6.45, 7) is 6.33. The molecule has 25 heavy (non-hydrogen) atoms. The summed E-state index contributed by atoms with van der Waals surface area (Å²) in [5.74, 6) is 1.19. The average Bonchev–Trinajstić information content (AvgIpc) is 3.00. The van der Waals surface area contributed by atoms with Crippen molar-refractivity contribution in [1.82, 2.24) is 19.4 Å². The summed E-state index contributed by atoms with van der Waals surface area (Å²) in [6.07, 6.45) is 3.48. The van der Waals surface area contributed by atoms with Crippen molar-refractivity contribution in [3.63, 3.8) is 0 Å². The van der Waals surface area contributed by atoms with Crippen LogP contribution in [0.5, 0.6) is 0 Å². The largest absolute Gasteiger partial charge is 0.379 e. The van der Waals surface area contributed by atoms with Crippen molar-refractivity contribution < 1.29 is 9.53 Å². The number of para-hydroxylation sites is 2. The number of aromatic nitrogens is 2. The van der Waals surface area contributed by atoms with Gasteiger partial charge in [0.05, 0.1) is 30.8 Å². The Labute approximate surface area is 148 Å². The summed E-state index contributed by atoms with van der Waals surface area (Å²) >= 11 is 0. The molecule has 6 heteroatoms. The van der Waals surface area contributed by atoms with Gasteiger partial charge in [-0.05, 0) is 31.4 Å². The summed E-state index contributed by atoms with van der Waals surface area (Å²) < 4.78 is 7.55. The van der Waals surface area contributed by atoms with Gasteiger partial charge in [-0.15, -0.1) is 0 Å². The Bertz CT molecular complexity index is 730. The minimum absolute atomic E-state index is 0.214. The minimum Gasteiger partial charge on any atom is -0.379 e. The minimum atomic E-state index is 0.214. The van der Waals surface area contributed by atoms with Gasteiger partial charge in [0.2, 0.25) is 5.91 Å². The number of carbonyl (C=O) groups is 1. The van der Waals surface area contributed by atoms with Crippen molar-refractivity contribution >= 4 is 16.9 Å². The fraction of sp³-hybridized carbons (Fsp3) is 0.579. The van der Waals surface area contributed by atoms with Gasteiger partial charge in [0.1, 0.15) is 12.4 Å². The van der Waals surface area contributed by atoms with Crippen LogP contribution in [0.3, 0.4) is 0 Å². The van der Waals surface area contributed by atoms with E-state index in [9.17, 15) is 4.79 Å². The zero-order valence-electron chi connectivity index (χ0n) is 14.7. The predicted octanol–water partition coefficient (Wildman–Crippen LogP) is 1.88. The molecule has 0 atom stereocenters. The van der Waals surface area contributed by atoms with E-state index in [0.29, 0.717) is 6.54 Å². The first kappa shape index (κ1) is 16.5. The molecule has 1 aromatic heterocycles. The second kappa shape index (κ2) is 7.54. The van der Waals surface area contributed by atoms with Crippen LogP contribution in [0.2, 0.25) is 0 Å². The highest BCUT2D eigenvalue weighted by Gasteiger charge is 2.21. The highest BCUT2D eigenvalue weighted by molar-refractivity contribution is 5.81. The number of ether oxygens (including phenoxy) is 1. The molecule has 0 bridgehead atoms. The Hall–Kier alpha value is -1.92. The molecule has 2 aliphatic heterocycles. The van der Waals surface area contributed by atoms with Gasteiger partial charge >= 0.3 is 0 Å². The molecule has 0 spiro atoms. The van der Waals surface area contributed by atoms with E-state index in [0.717, 1.165) is 75.6 Å². The highest BCUT2D eigenvalue weighted by Crippen LogP contribution is 2.19. The zero-order valence-corrected chi connectivity index (χ0v) is 14.7. The van der Waals surface area contributed by atoms with Crippen LogP contribution in [-0.2, 0) is 22.6 Å². The quantitative estimate of drug-likeness (QED) is 0.851. The zero-order chi connectivity index (χ0) is 17.1. The fourth-order valence-electron chi connectivity index (χ4n) is 3.76. The lowest BCUT2D eigenvalue weighted by molar-refractivity contribution is -0.132. The van der Waals surface area contributed by atoms with Gasteiger partial charge in [0.25, 0.3) is 0 Å². The number of nitrogens with zero attached hydrogens (tertiary/aromatic N) is 4. The number of hydrogen-bond donors (Lipinski definition) is 0. The summed E-state index contributed by atoms with van der Waals surface area (Å²) in [5, 5.41) is 0. The monoisotopic (exact) mass is 342 g/mol. The van der Waals surface area contributed by atoms with Crippen LogP contribution in [0.4, 0.5) is 0 Å². The number of benzene rings is 1. The van der Waals surface area contributed by atoms with E-state index in [-0.39, 0.29) is 5.91 Å². The number of imidazole rings is 1. The predicted molar refractivity (Wildman–Crippen MR) is 96.3 cm³/mol. The lowest BCUT2D eigenvalue weighted by Crippen LogP contribution is -2.39. The van der Waals surface area contributed by atoms with E-state index >= 15 is 0 Å². The van der Waals surface area contributed by atoms with Gasteiger partial charge in [-0.2, -0.15) is 0 Å². The maximum Gasteiger partial charge on any atom is 0.242 e. The second-order valence-corrected chi connectivity index (χ2v) is 6.93. The van der Waals surface area contributed by atoms with E-state index in [1.807, 2.05) is 23.1 Å². The molecule has 2 saturated heterocycles. The third-order valence-electron chi connectivity index (χ3n) is 5.20. The van der Waals surface area contributed by atoms with E-state index in [1.54, 1.807) is 0 Å². The van der Waals surface area contributed by atoms with Gasteiger partial charge in [0.15, 0.2) is 0 Å². The molecule has 0 saturated carbocycles. The fourth-order valence-corrected chi connectivity index (χ4v) is 3.76. The van der Waals surface area contributed by atoms with Crippen LogP contribution >= 0.6 is 0 Å². The molecular weight excluding hydrogens is 316 g/mol. The molecule has 2 fully saturated rings. The molecule has 1 aromatic carbocycles. The molecule has 4 rings (SSSR count). The van der Waals surface area contributed by atoms with E-state index in [1.165, 1.54) is 6.42 Å². The molecule has 6 nitrogen and oxygen atoms in total. The van der Waals surface area contributed by atoms with Crippen LogP contribution in [0.15, 0.2) is 24.3 Å². The number of rotatable bonds is 4. The number of amides is 1. The Morgan fingerprint density at radius 3 is 2.60 bits per heavy atom. The molecule has 0 radical (unpaired) electrons. The molecule has 3 heterocycles. The molecule has 0 N–H and O–H groups in total. The van der Waals surface area contributed by atoms with Crippen molar-refractivity contribution in [2.45, 2.75) is 32.4 Å². The van der Waals surface area contributed by atoms with Gasteiger partial charge in [-0.3, -0.25) is 9.69 Å². The topological polar surface area (TPSA) is 50.6 Å². The molecule has 2 aliphatic rings. The first-order chi connectivity index (χ1) is 12.3. The number of morpholine rings is 1. The first-order valence-electron chi connectivity index (χ1n) is 9.33. The Morgan fingerprint density at radius 2 is 1.80 bits per heavy atom. The van der Waals surface area contributed by atoms with Crippen LogP contribution in [0.1, 0.15) is 25.1 Å². The molecule has 2 aromatic rings. The maximum absolute atomic E-state index is 12.8. The molecular formula is C19H26N4O2. The van der Waals surface area contributed by atoms with Gasteiger partial charge in [0, 0.05) is 26.2 Å². The number of fused-ring (bicyclic) bond motifs is 1. The second-order valence-electron chi connectivity index (χ2n) is 6.93. The SMILES string of the molecule is O=C(Cn1c(CN2CCOCC2)nc2ccccc21)N1CCCCC1. The molecule has 1 amide bonds. The molecule has 0 aliphatic carbocycles. The molecule has 134 valence electrons. The number of likely N-dealkylation sites (tertiary alicyclic amines) is 1. The van der Waals surface area contributed by atoms with Crippen LogP contribution < -0.4 is 0 Å². The lowest BCUT2D eigenvalue weighted by Gasteiger charge is -2.28. The van der Waals surface area contributed by atoms with Crippen molar-refractivity contribution in [1.29, 1.82) is 0 Å². The smallest absolute Gasteiger partial charge is 0.242 e. The summed E-state index contributed by atoms with van der Waals surface area (Å²) in [6, 6.07) is 8.11. The van der Waals surface area contributed by atoms with Crippen LogP contribution in [0.25, 0.3) is 11.0 Å². The average molecular weight is 342 g/mol. The Morgan fingerprint density at radius 1 is 1.04 bits per heavy atom. The number of piperidine rings is 1. The van der Waals surface area contributed by atoms with Gasteiger partial charge in [-0.25, -0.2) is 4.98 Å². The Kier molecular flexibility index (Phi) is 4.99. The number of hydrogen-bond acceptors (Lipinski definition) is 4. The standard InChI is InChI=1S/C19H26N4O2/c24-19(22-8-4-1-5-9-22)15-23-17-7-3-2-6-16(17)20-18(23)14-21-10-12-25-13-11-21/h2-3,6-7H,1,4-5,8-15H2. The summed E-state index contributed by atoms with van der Waals surface area (Å²) in [5.41, 5.74) is 2.02. The van der Waals surface area contributed by atoms with Crippen LogP contribution in [-0.4, -0.2) is 64.7 Å². The van der Waals surface area contributed by atoms with Gasteiger partial charge < -0.3 is 14.2 Å². The normalized spacial score (nSPS) is 19.4. The Balaban J connectivity index is 1.58. The van der Waals surface area contributed by atoms with Crippen molar-refractivity contribution in [3.05, 3.63) is 30.1 Å². The van der Waals surface area contributed by atoms with E-state index < -0.39 is 0 Å². The van der Waals surface area contributed by atoms with Crippen molar-refractivity contribution in [2.24, 2.45) is 0 Å². The van der Waals surface area contributed by atoms with Crippen molar-refractivity contribution in [2.75, 3.05) is 39.4 Å². The summed E-state index contributed by atoms with van der Waals surface area (Å²) in [7, 11) is 0.